The molecule has 0 unspecified atom stereocenters. The minimum Gasteiger partial charge on any atom is -0.354 e. The van der Waals surface area contributed by atoms with Gasteiger partial charge in [0.25, 0.3) is 0 Å². The molecule has 18 heavy (non-hydrogen) atoms. The molecule has 106 valence electrons. The number of hydrogen-bond acceptors (Lipinski definition) is 3. The zero-order chi connectivity index (χ0) is 13.8. The molecule has 0 heterocycles. The molecule has 0 aromatic rings. The van der Waals surface area contributed by atoms with Crippen molar-refractivity contribution in [1.29, 1.82) is 0 Å². The number of carbonyl (C=O) groups is 1. The van der Waals surface area contributed by atoms with Crippen molar-refractivity contribution in [2.24, 2.45) is 11.1 Å². The summed E-state index contributed by atoms with van der Waals surface area (Å²) in [7, 11) is 0. The molecule has 1 saturated carbocycles. The Bertz CT molecular complexity index is 259. The SMILES string of the molecule is CC(C)N(CCNC(=O)C1(CN)CCC1)C(C)C. The average Bonchev–Trinajstić information content (AvgIpc) is 2.22. The van der Waals surface area contributed by atoms with Crippen LogP contribution in [-0.2, 0) is 4.79 Å². The molecule has 4 nitrogen and oxygen atoms in total. The monoisotopic (exact) mass is 255 g/mol. The smallest absolute Gasteiger partial charge is 0.227 e. The lowest BCUT2D eigenvalue weighted by molar-refractivity contribution is -0.135. The van der Waals surface area contributed by atoms with Gasteiger partial charge in [0.15, 0.2) is 0 Å². The van der Waals surface area contributed by atoms with Gasteiger partial charge in [-0.3, -0.25) is 9.69 Å². The minimum atomic E-state index is -0.250. The van der Waals surface area contributed by atoms with Gasteiger partial charge in [-0.05, 0) is 40.5 Å². The molecule has 1 aliphatic carbocycles. The van der Waals surface area contributed by atoms with Gasteiger partial charge in [-0.25, -0.2) is 0 Å². The van der Waals surface area contributed by atoms with E-state index < -0.39 is 0 Å². The zero-order valence-corrected chi connectivity index (χ0v) is 12.3. The zero-order valence-electron chi connectivity index (χ0n) is 12.3. The molecule has 0 bridgehead atoms. The molecule has 0 saturated heterocycles. The molecule has 0 aromatic heterocycles. The van der Waals surface area contributed by atoms with E-state index in [0.717, 1.165) is 32.4 Å². The molecule has 1 rings (SSSR count). The van der Waals surface area contributed by atoms with Gasteiger partial charge >= 0.3 is 0 Å². The fourth-order valence-electron chi connectivity index (χ4n) is 2.73. The number of nitrogens with one attached hydrogen (secondary N) is 1. The molecule has 0 aromatic carbocycles. The van der Waals surface area contributed by atoms with E-state index in [4.69, 9.17) is 5.73 Å². The van der Waals surface area contributed by atoms with Crippen LogP contribution in [0.2, 0.25) is 0 Å². The lowest BCUT2D eigenvalue weighted by Gasteiger charge is -2.39. The number of amides is 1. The molecule has 1 fully saturated rings. The van der Waals surface area contributed by atoms with Crippen LogP contribution in [0.1, 0.15) is 47.0 Å². The lowest BCUT2D eigenvalue weighted by atomic mass is 9.68. The lowest BCUT2D eigenvalue weighted by Crippen LogP contribution is -2.52. The largest absolute Gasteiger partial charge is 0.354 e. The van der Waals surface area contributed by atoms with E-state index in [1.807, 2.05) is 0 Å². The fraction of sp³-hybridized carbons (Fsp3) is 0.929. The Balaban J connectivity index is 2.34. The van der Waals surface area contributed by atoms with Crippen molar-refractivity contribution in [2.45, 2.75) is 59.0 Å². The molecule has 0 spiro atoms. The second kappa shape index (κ2) is 6.53. The van der Waals surface area contributed by atoms with Crippen molar-refractivity contribution in [3.05, 3.63) is 0 Å². The standard InChI is InChI=1S/C14H29N3O/c1-11(2)17(12(3)4)9-8-16-13(18)14(10-15)6-5-7-14/h11-12H,5-10,15H2,1-4H3,(H,16,18). The van der Waals surface area contributed by atoms with Gasteiger partial charge in [0.2, 0.25) is 5.91 Å². The van der Waals surface area contributed by atoms with Crippen LogP contribution < -0.4 is 11.1 Å². The fourth-order valence-corrected chi connectivity index (χ4v) is 2.73. The Morgan fingerprint density at radius 3 is 2.17 bits per heavy atom. The maximum Gasteiger partial charge on any atom is 0.227 e. The quantitative estimate of drug-likeness (QED) is 0.722. The van der Waals surface area contributed by atoms with Crippen LogP contribution in [0, 0.1) is 5.41 Å². The Morgan fingerprint density at radius 1 is 1.28 bits per heavy atom. The van der Waals surface area contributed by atoms with Gasteiger partial charge in [-0.1, -0.05) is 6.42 Å². The van der Waals surface area contributed by atoms with Gasteiger partial charge in [0.05, 0.1) is 5.41 Å². The second-order valence-electron chi connectivity index (χ2n) is 6.02. The highest BCUT2D eigenvalue weighted by molar-refractivity contribution is 5.83. The molecule has 3 N–H and O–H groups in total. The molecule has 0 radical (unpaired) electrons. The summed E-state index contributed by atoms with van der Waals surface area (Å²) in [4.78, 5) is 14.5. The van der Waals surface area contributed by atoms with Crippen molar-refractivity contribution in [2.75, 3.05) is 19.6 Å². The highest BCUT2D eigenvalue weighted by Gasteiger charge is 2.42. The maximum absolute atomic E-state index is 12.1. The van der Waals surface area contributed by atoms with E-state index >= 15 is 0 Å². The van der Waals surface area contributed by atoms with Crippen molar-refractivity contribution in [1.82, 2.24) is 10.2 Å². The summed E-state index contributed by atoms with van der Waals surface area (Å²) in [5, 5.41) is 3.06. The topological polar surface area (TPSA) is 58.4 Å². The number of hydrogen-bond donors (Lipinski definition) is 2. The van der Waals surface area contributed by atoms with Crippen LogP contribution >= 0.6 is 0 Å². The molecular formula is C14H29N3O. The summed E-state index contributed by atoms with van der Waals surface area (Å²) in [6, 6.07) is 1.02. The third-order valence-electron chi connectivity index (χ3n) is 4.17. The summed E-state index contributed by atoms with van der Waals surface area (Å²) in [5.74, 6) is 0.156. The normalized spacial score (nSPS) is 18.2. The van der Waals surface area contributed by atoms with Gasteiger partial charge < -0.3 is 11.1 Å². The molecule has 0 atom stereocenters. The summed E-state index contributed by atoms with van der Waals surface area (Å²) in [5.41, 5.74) is 5.48. The van der Waals surface area contributed by atoms with Crippen molar-refractivity contribution in [3.8, 4) is 0 Å². The summed E-state index contributed by atoms with van der Waals surface area (Å²) >= 11 is 0. The van der Waals surface area contributed by atoms with Crippen LogP contribution in [0.5, 0.6) is 0 Å². The van der Waals surface area contributed by atoms with Gasteiger partial charge in [0, 0.05) is 31.7 Å². The summed E-state index contributed by atoms with van der Waals surface area (Å²) in [6.45, 7) is 10.9. The number of carbonyl (C=O) groups excluding carboxylic acids is 1. The number of rotatable bonds is 7. The Morgan fingerprint density at radius 2 is 1.83 bits per heavy atom. The first-order valence-electron chi connectivity index (χ1n) is 7.17. The average molecular weight is 255 g/mol. The van der Waals surface area contributed by atoms with Crippen LogP contribution in [0.25, 0.3) is 0 Å². The predicted molar refractivity (Wildman–Crippen MR) is 75.3 cm³/mol. The Hall–Kier alpha value is -0.610. The highest BCUT2D eigenvalue weighted by Crippen LogP contribution is 2.39. The van der Waals surface area contributed by atoms with Crippen molar-refractivity contribution in [3.63, 3.8) is 0 Å². The Labute approximate surface area is 111 Å². The van der Waals surface area contributed by atoms with Gasteiger partial charge in [-0.2, -0.15) is 0 Å². The van der Waals surface area contributed by atoms with Gasteiger partial charge in [0.1, 0.15) is 0 Å². The van der Waals surface area contributed by atoms with Crippen LogP contribution in [0.3, 0.4) is 0 Å². The van der Waals surface area contributed by atoms with Crippen molar-refractivity contribution < 1.29 is 4.79 Å². The van der Waals surface area contributed by atoms with E-state index in [1.54, 1.807) is 0 Å². The number of nitrogens with zero attached hydrogens (tertiary/aromatic N) is 1. The first-order valence-corrected chi connectivity index (χ1v) is 7.17. The van der Waals surface area contributed by atoms with Crippen LogP contribution in [0.15, 0.2) is 0 Å². The van der Waals surface area contributed by atoms with E-state index in [9.17, 15) is 4.79 Å². The van der Waals surface area contributed by atoms with Gasteiger partial charge in [-0.15, -0.1) is 0 Å². The molecule has 4 heteroatoms. The van der Waals surface area contributed by atoms with Crippen molar-refractivity contribution >= 4 is 5.91 Å². The molecule has 1 amide bonds. The second-order valence-corrected chi connectivity index (χ2v) is 6.02. The van der Waals surface area contributed by atoms with E-state index in [1.165, 1.54) is 0 Å². The van der Waals surface area contributed by atoms with E-state index in [2.05, 4.69) is 37.9 Å². The van der Waals surface area contributed by atoms with Crippen LogP contribution in [-0.4, -0.2) is 42.5 Å². The first kappa shape index (κ1) is 15.4. The molecule has 1 aliphatic rings. The first-order chi connectivity index (χ1) is 8.43. The minimum absolute atomic E-state index is 0.156. The third kappa shape index (κ3) is 3.45. The molecular weight excluding hydrogens is 226 g/mol. The maximum atomic E-state index is 12.1. The number of nitrogens with two attached hydrogens (primary N) is 1. The Kier molecular flexibility index (Phi) is 5.60. The van der Waals surface area contributed by atoms with E-state index in [-0.39, 0.29) is 11.3 Å². The summed E-state index contributed by atoms with van der Waals surface area (Å²) < 4.78 is 0. The van der Waals surface area contributed by atoms with E-state index in [0.29, 0.717) is 18.6 Å². The summed E-state index contributed by atoms with van der Waals surface area (Å²) in [6.07, 6.45) is 3.04. The molecule has 0 aliphatic heterocycles. The highest BCUT2D eigenvalue weighted by atomic mass is 16.2. The predicted octanol–water partition coefficient (Wildman–Crippen LogP) is 1.35. The van der Waals surface area contributed by atoms with Crippen LogP contribution in [0.4, 0.5) is 0 Å². The third-order valence-corrected chi connectivity index (χ3v) is 4.17.